The molecule has 2 rings (SSSR count). The highest BCUT2D eigenvalue weighted by Crippen LogP contribution is 2.33. The molecule has 1 fully saturated rings. The molecule has 0 unspecified atom stereocenters. The van der Waals surface area contributed by atoms with E-state index in [9.17, 15) is 18.0 Å². The molecule has 2 nitrogen and oxygen atoms in total. The lowest BCUT2D eigenvalue weighted by molar-refractivity contribution is -0.188. The molecule has 0 aromatic heterocycles. The molecule has 0 N–H and O–H groups in total. The predicted molar refractivity (Wildman–Crippen MR) is 79.5 cm³/mol. The van der Waals surface area contributed by atoms with Crippen LogP contribution in [-0.4, -0.2) is 30.1 Å². The van der Waals surface area contributed by atoms with Crippen molar-refractivity contribution in [3.8, 4) is 0 Å². The predicted octanol–water partition coefficient (Wildman–Crippen LogP) is 4.37. The summed E-state index contributed by atoms with van der Waals surface area (Å²) in [5.41, 5.74) is 1.15. The first-order chi connectivity index (χ1) is 10.4. The summed E-state index contributed by atoms with van der Waals surface area (Å²) in [6.45, 7) is 2.31. The van der Waals surface area contributed by atoms with Crippen molar-refractivity contribution in [1.29, 1.82) is 0 Å². The zero-order valence-electron chi connectivity index (χ0n) is 12.8. The third-order valence-electron chi connectivity index (χ3n) is 4.40. The molecule has 0 spiro atoms. The van der Waals surface area contributed by atoms with E-state index in [1.54, 1.807) is 0 Å². The molecule has 1 aliphatic rings. The molecule has 0 radical (unpaired) electrons. The van der Waals surface area contributed by atoms with Crippen molar-refractivity contribution >= 4 is 5.91 Å². The summed E-state index contributed by atoms with van der Waals surface area (Å²) < 4.78 is 38.3. The zero-order chi connectivity index (χ0) is 16.2. The lowest BCUT2D eigenvalue weighted by Crippen LogP contribution is -2.44. The molecule has 0 bridgehead atoms. The van der Waals surface area contributed by atoms with Crippen LogP contribution < -0.4 is 0 Å². The maximum Gasteiger partial charge on any atom is 0.393 e. The second-order valence-electron chi connectivity index (χ2n) is 6.07. The van der Waals surface area contributed by atoms with Gasteiger partial charge in [0.25, 0.3) is 0 Å². The Morgan fingerprint density at radius 2 is 2.00 bits per heavy atom. The number of piperidine rings is 1. The molecule has 122 valence electrons. The molecule has 5 heteroatoms. The van der Waals surface area contributed by atoms with Crippen LogP contribution in [0.1, 0.15) is 44.1 Å². The van der Waals surface area contributed by atoms with Crippen molar-refractivity contribution in [2.45, 2.75) is 44.7 Å². The van der Waals surface area contributed by atoms with Gasteiger partial charge in [-0.3, -0.25) is 4.79 Å². The average molecular weight is 313 g/mol. The lowest BCUT2D eigenvalue weighted by atomic mass is 9.94. The molecule has 1 aromatic rings. The number of halogens is 3. The van der Waals surface area contributed by atoms with Crippen LogP contribution in [0, 0.1) is 5.92 Å². The molecule has 0 saturated carbocycles. The molecule has 2 atom stereocenters. The maximum absolute atomic E-state index is 12.8. The highest BCUT2D eigenvalue weighted by Gasteiger charge is 2.42. The van der Waals surface area contributed by atoms with E-state index < -0.39 is 12.1 Å². The number of alkyl halides is 3. The van der Waals surface area contributed by atoms with E-state index >= 15 is 0 Å². The fourth-order valence-corrected chi connectivity index (χ4v) is 2.92. The molecule has 1 amide bonds. The quantitative estimate of drug-likeness (QED) is 0.808. The standard InChI is InChI=1S/C17H22F3NO/c1-13(14-6-3-2-4-7-14)9-10-16(22)21-11-5-8-15(12-21)17(18,19)20/h2-4,6-7,13,15H,5,8-12H2,1H3/t13-,15+/m1/s1. The molecule has 1 heterocycles. The van der Waals surface area contributed by atoms with Crippen LogP contribution in [0.15, 0.2) is 30.3 Å². The number of carbonyl (C=O) groups is 1. The van der Waals surface area contributed by atoms with Crippen molar-refractivity contribution in [3.05, 3.63) is 35.9 Å². The highest BCUT2D eigenvalue weighted by molar-refractivity contribution is 5.76. The molecule has 1 aliphatic heterocycles. The van der Waals surface area contributed by atoms with Crippen LogP contribution in [0.25, 0.3) is 0 Å². The van der Waals surface area contributed by atoms with Gasteiger partial charge in [0.15, 0.2) is 0 Å². The number of hydrogen-bond donors (Lipinski definition) is 0. The van der Waals surface area contributed by atoms with Crippen molar-refractivity contribution in [2.75, 3.05) is 13.1 Å². The highest BCUT2D eigenvalue weighted by atomic mass is 19.4. The van der Waals surface area contributed by atoms with Gasteiger partial charge in [0.2, 0.25) is 5.91 Å². The van der Waals surface area contributed by atoms with Gasteiger partial charge < -0.3 is 4.90 Å². The number of benzene rings is 1. The van der Waals surface area contributed by atoms with E-state index in [4.69, 9.17) is 0 Å². The van der Waals surface area contributed by atoms with Gasteiger partial charge in [-0.15, -0.1) is 0 Å². The number of amides is 1. The van der Waals surface area contributed by atoms with E-state index in [-0.39, 0.29) is 24.8 Å². The molecular formula is C17H22F3NO. The smallest absolute Gasteiger partial charge is 0.342 e. The minimum atomic E-state index is -4.20. The minimum absolute atomic E-state index is 0.133. The SMILES string of the molecule is C[C@H](CCC(=O)N1CCC[C@H](C(F)(F)F)C1)c1ccccc1. The van der Waals surface area contributed by atoms with Gasteiger partial charge in [0.1, 0.15) is 0 Å². The fraction of sp³-hybridized carbons (Fsp3) is 0.588. The maximum atomic E-state index is 12.8. The molecule has 0 aliphatic carbocycles. The second-order valence-corrected chi connectivity index (χ2v) is 6.07. The largest absolute Gasteiger partial charge is 0.393 e. The summed E-state index contributed by atoms with van der Waals surface area (Å²) in [6.07, 6.45) is -2.66. The topological polar surface area (TPSA) is 20.3 Å². The van der Waals surface area contributed by atoms with Crippen LogP contribution in [0.5, 0.6) is 0 Å². The van der Waals surface area contributed by atoms with Crippen LogP contribution in [0.2, 0.25) is 0 Å². The van der Waals surface area contributed by atoms with Crippen LogP contribution in [0.3, 0.4) is 0 Å². The van der Waals surface area contributed by atoms with Crippen LogP contribution in [0.4, 0.5) is 13.2 Å². The fourth-order valence-electron chi connectivity index (χ4n) is 2.92. The summed E-state index contributed by atoms with van der Waals surface area (Å²) in [5, 5.41) is 0. The number of likely N-dealkylation sites (tertiary alicyclic amines) is 1. The Labute approximate surface area is 129 Å². The average Bonchev–Trinajstić information content (AvgIpc) is 2.52. The third-order valence-corrected chi connectivity index (χ3v) is 4.40. The van der Waals surface area contributed by atoms with E-state index in [1.165, 1.54) is 4.90 Å². The Hall–Kier alpha value is -1.52. The summed E-state index contributed by atoms with van der Waals surface area (Å²) in [4.78, 5) is 13.6. The van der Waals surface area contributed by atoms with Crippen molar-refractivity contribution in [3.63, 3.8) is 0 Å². The first kappa shape index (κ1) is 16.8. The normalized spacial score (nSPS) is 20.7. The number of nitrogens with zero attached hydrogens (tertiary/aromatic N) is 1. The summed E-state index contributed by atoms with van der Waals surface area (Å²) in [6, 6.07) is 9.86. The summed E-state index contributed by atoms with van der Waals surface area (Å²) >= 11 is 0. The Morgan fingerprint density at radius 1 is 1.32 bits per heavy atom. The second kappa shape index (κ2) is 7.16. The van der Waals surface area contributed by atoms with Gasteiger partial charge in [0, 0.05) is 19.5 Å². The first-order valence-corrected chi connectivity index (χ1v) is 7.77. The van der Waals surface area contributed by atoms with E-state index in [0.29, 0.717) is 25.8 Å². The molecular weight excluding hydrogens is 291 g/mol. The number of carbonyl (C=O) groups excluding carboxylic acids is 1. The van der Waals surface area contributed by atoms with Gasteiger partial charge in [-0.25, -0.2) is 0 Å². The monoisotopic (exact) mass is 313 g/mol. The number of rotatable bonds is 4. The van der Waals surface area contributed by atoms with Gasteiger partial charge in [-0.05, 0) is 30.7 Å². The van der Waals surface area contributed by atoms with Gasteiger partial charge in [-0.1, -0.05) is 37.3 Å². The summed E-state index contributed by atoms with van der Waals surface area (Å²) in [5.74, 6) is -1.29. The van der Waals surface area contributed by atoms with Gasteiger partial charge >= 0.3 is 6.18 Å². The minimum Gasteiger partial charge on any atom is -0.342 e. The van der Waals surface area contributed by atoms with Gasteiger partial charge in [-0.2, -0.15) is 13.2 Å². The van der Waals surface area contributed by atoms with Gasteiger partial charge in [0.05, 0.1) is 5.92 Å². The van der Waals surface area contributed by atoms with E-state index in [1.807, 2.05) is 37.3 Å². The Balaban J connectivity index is 1.84. The third kappa shape index (κ3) is 4.49. The molecule has 1 aromatic carbocycles. The van der Waals surface area contributed by atoms with Crippen molar-refractivity contribution < 1.29 is 18.0 Å². The zero-order valence-corrected chi connectivity index (χ0v) is 12.8. The Kier molecular flexibility index (Phi) is 5.48. The Bertz CT molecular complexity index is 486. The van der Waals surface area contributed by atoms with E-state index in [2.05, 4.69) is 0 Å². The van der Waals surface area contributed by atoms with Crippen LogP contribution >= 0.6 is 0 Å². The molecule has 1 saturated heterocycles. The number of hydrogen-bond acceptors (Lipinski definition) is 1. The van der Waals surface area contributed by atoms with Crippen molar-refractivity contribution in [2.24, 2.45) is 5.92 Å². The van der Waals surface area contributed by atoms with E-state index in [0.717, 1.165) is 5.56 Å². The Morgan fingerprint density at radius 3 is 2.64 bits per heavy atom. The lowest BCUT2D eigenvalue weighted by Gasteiger charge is -2.34. The van der Waals surface area contributed by atoms with Crippen molar-refractivity contribution in [1.82, 2.24) is 4.90 Å². The first-order valence-electron chi connectivity index (χ1n) is 7.77. The molecule has 22 heavy (non-hydrogen) atoms. The van der Waals surface area contributed by atoms with Crippen LogP contribution in [-0.2, 0) is 4.79 Å². The summed E-state index contributed by atoms with van der Waals surface area (Å²) in [7, 11) is 0.